The number of hydrogen-bond acceptors (Lipinski definition) is 2. The molecule has 0 aromatic carbocycles. The van der Waals surface area contributed by atoms with Crippen LogP contribution in [0.15, 0.2) is 0 Å². The molecule has 30 heavy (non-hydrogen) atoms. The van der Waals surface area contributed by atoms with Crippen LogP contribution in [0.4, 0.5) is 0 Å². The van der Waals surface area contributed by atoms with E-state index in [1.807, 2.05) is 0 Å². The Morgan fingerprint density at radius 1 is 0.467 bits per heavy atom. The van der Waals surface area contributed by atoms with Crippen molar-refractivity contribution in [3.8, 4) is 0 Å². The van der Waals surface area contributed by atoms with E-state index in [0.29, 0.717) is 10.8 Å². The summed E-state index contributed by atoms with van der Waals surface area (Å²) < 4.78 is 11.7. The van der Waals surface area contributed by atoms with Crippen molar-refractivity contribution in [1.29, 1.82) is 0 Å². The molecule has 182 valence electrons. The zero-order valence-electron chi connectivity index (χ0n) is 22.3. The third-order valence-electron chi connectivity index (χ3n) is 5.76. The van der Waals surface area contributed by atoms with Crippen molar-refractivity contribution in [3.05, 3.63) is 0 Å². The minimum Gasteiger partial charge on any atom is -0.381 e. The summed E-state index contributed by atoms with van der Waals surface area (Å²) in [5.41, 5.74) is 0.883. The molecule has 0 saturated heterocycles. The summed E-state index contributed by atoms with van der Waals surface area (Å²) in [6.07, 6.45) is 15.6. The Hall–Kier alpha value is -0.0800. The number of hydrogen-bond donors (Lipinski definition) is 0. The molecule has 0 aliphatic heterocycles. The fourth-order valence-electron chi connectivity index (χ4n) is 4.54. The van der Waals surface area contributed by atoms with Gasteiger partial charge in [0.15, 0.2) is 0 Å². The van der Waals surface area contributed by atoms with Gasteiger partial charge in [0.05, 0.1) is 0 Å². The highest BCUT2D eigenvalue weighted by Crippen LogP contribution is 2.26. The summed E-state index contributed by atoms with van der Waals surface area (Å²) in [5, 5.41) is 0. The SMILES string of the molecule is CC(CCOCCCCCCCCCCOCCC(C)CC(C)(C)C)CC(C)(C)C. The van der Waals surface area contributed by atoms with Gasteiger partial charge < -0.3 is 9.47 Å². The van der Waals surface area contributed by atoms with Gasteiger partial charge in [0.25, 0.3) is 0 Å². The van der Waals surface area contributed by atoms with Gasteiger partial charge in [-0.15, -0.1) is 0 Å². The molecule has 0 aromatic heterocycles. The van der Waals surface area contributed by atoms with E-state index in [9.17, 15) is 0 Å². The molecule has 2 nitrogen and oxygen atoms in total. The van der Waals surface area contributed by atoms with Crippen molar-refractivity contribution in [2.45, 2.75) is 132 Å². The molecule has 2 atom stereocenters. The summed E-state index contributed by atoms with van der Waals surface area (Å²) in [7, 11) is 0. The Morgan fingerprint density at radius 2 is 0.767 bits per heavy atom. The van der Waals surface area contributed by atoms with Gasteiger partial charge >= 0.3 is 0 Å². The molecular formula is C28H58O2. The Balaban J connectivity index is 3.23. The molecule has 2 unspecified atom stereocenters. The van der Waals surface area contributed by atoms with E-state index in [4.69, 9.17) is 9.47 Å². The van der Waals surface area contributed by atoms with Crippen LogP contribution in [-0.2, 0) is 9.47 Å². The Bertz CT molecular complexity index is 328. The van der Waals surface area contributed by atoms with Crippen LogP contribution < -0.4 is 0 Å². The van der Waals surface area contributed by atoms with Gasteiger partial charge in [-0.05, 0) is 61.2 Å². The van der Waals surface area contributed by atoms with E-state index >= 15 is 0 Å². The Kier molecular flexibility index (Phi) is 17.4. The van der Waals surface area contributed by atoms with E-state index in [2.05, 4.69) is 55.4 Å². The van der Waals surface area contributed by atoms with Crippen molar-refractivity contribution < 1.29 is 9.47 Å². The second-order valence-corrected chi connectivity index (χ2v) is 12.4. The average molecular weight is 427 g/mol. The largest absolute Gasteiger partial charge is 0.381 e. The van der Waals surface area contributed by atoms with E-state index in [0.717, 1.165) is 38.3 Å². The summed E-state index contributed by atoms with van der Waals surface area (Å²) in [5.74, 6) is 1.54. The summed E-state index contributed by atoms with van der Waals surface area (Å²) in [6.45, 7) is 22.5. The first-order valence-electron chi connectivity index (χ1n) is 13.1. The molecule has 0 heterocycles. The van der Waals surface area contributed by atoms with Crippen molar-refractivity contribution in [2.75, 3.05) is 26.4 Å². The molecule has 0 aromatic rings. The minimum absolute atomic E-state index is 0.442. The molecule has 0 aliphatic rings. The first-order chi connectivity index (χ1) is 14.0. The fourth-order valence-corrected chi connectivity index (χ4v) is 4.54. The maximum Gasteiger partial charge on any atom is 0.0468 e. The molecule has 0 bridgehead atoms. The molecule has 0 radical (unpaired) electrons. The van der Waals surface area contributed by atoms with Crippen LogP contribution in [-0.4, -0.2) is 26.4 Å². The molecule has 2 heteroatoms. The fraction of sp³-hybridized carbons (Fsp3) is 1.00. The maximum absolute atomic E-state index is 5.84. The maximum atomic E-state index is 5.84. The average Bonchev–Trinajstić information content (AvgIpc) is 2.58. The quantitative estimate of drug-likeness (QED) is 0.192. The summed E-state index contributed by atoms with van der Waals surface area (Å²) in [4.78, 5) is 0. The van der Waals surface area contributed by atoms with E-state index in [-0.39, 0.29) is 0 Å². The molecule has 0 saturated carbocycles. The van der Waals surface area contributed by atoms with Crippen LogP contribution in [0.2, 0.25) is 0 Å². The molecule has 0 aliphatic carbocycles. The molecule has 0 fully saturated rings. The van der Waals surface area contributed by atoms with Gasteiger partial charge in [0, 0.05) is 26.4 Å². The monoisotopic (exact) mass is 426 g/mol. The lowest BCUT2D eigenvalue weighted by Gasteiger charge is -2.23. The summed E-state index contributed by atoms with van der Waals surface area (Å²) >= 11 is 0. The second-order valence-electron chi connectivity index (χ2n) is 12.4. The van der Waals surface area contributed by atoms with Crippen molar-refractivity contribution in [1.82, 2.24) is 0 Å². The third kappa shape index (κ3) is 24.2. The normalized spacial score (nSPS) is 14.8. The van der Waals surface area contributed by atoms with Crippen LogP contribution in [0.1, 0.15) is 132 Å². The topological polar surface area (TPSA) is 18.5 Å². The first-order valence-corrected chi connectivity index (χ1v) is 13.1. The highest BCUT2D eigenvalue weighted by atomic mass is 16.5. The highest BCUT2D eigenvalue weighted by Gasteiger charge is 2.15. The Labute approximate surface area is 191 Å². The Morgan fingerprint density at radius 3 is 1.07 bits per heavy atom. The van der Waals surface area contributed by atoms with Gasteiger partial charge in [0.1, 0.15) is 0 Å². The molecular weight excluding hydrogens is 368 g/mol. The van der Waals surface area contributed by atoms with Crippen molar-refractivity contribution in [2.24, 2.45) is 22.7 Å². The standard InChI is InChI=1S/C28H58O2/c1-25(23-27(3,4)5)17-21-29-19-15-13-11-9-10-12-14-16-20-30-22-18-26(2)24-28(6,7)8/h25-26H,9-24H2,1-8H3. The zero-order chi connectivity index (χ0) is 22.9. The van der Waals surface area contributed by atoms with E-state index in [1.54, 1.807) is 0 Å². The van der Waals surface area contributed by atoms with E-state index < -0.39 is 0 Å². The highest BCUT2D eigenvalue weighted by molar-refractivity contribution is 4.67. The van der Waals surface area contributed by atoms with Gasteiger partial charge in [-0.1, -0.05) is 93.9 Å². The van der Waals surface area contributed by atoms with Crippen LogP contribution in [0.5, 0.6) is 0 Å². The molecule has 0 N–H and O–H groups in total. The summed E-state index contributed by atoms with van der Waals surface area (Å²) in [6, 6.07) is 0. The van der Waals surface area contributed by atoms with Gasteiger partial charge in [-0.2, -0.15) is 0 Å². The molecule has 0 rings (SSSR count). The predicted octanol–water partition coefficient (Wildman–Crippen LogP) is 9.07. The van der Waals surface area contributed by atoms with Crippen molar-refractivity contribution >= 4 is 0 Å². The molecule has 0 amide bonds. The zero-order valence-corrected chi connectivity index (χ0v) is 22.3. The van der Waals surface area contributed by atoms with Gasteiger partial charge in [-0.3, -0.25) is 0 Å². The lowest BCUT2D eigenvalue weighted by atomic mass is 9.84. The number of unbranched alkanes of at least 4 members (excludes halogenated alkanes) is 7. The van der Waals surface area contributed by atoms with Crippen LogP contribution >= 0.6 is 0 Å². The second kappa shape index (κ2) is 17.5. The van der Waals surface area contributed by atoms with Crippen LogP contribution in [0, 0.1) is 22.7 Å². The third-order valence-corrected chi connectivity index (χ3v) is 5.76. The number of ether oxygens (including phenoxy) is 2. The van der Waals surface area contributed by atoms with E-state index in [1.165, 1.54) is 77.0 Å². The lowest BCUT2D eigenvalue weighted by Crippen LogP contribution is -2.13. The molecule has 0 spiro atoms. The minimum atomic E-state index is 0.442. The first kappa shape index (κ1) is 29.9. The van der Waals surface area contributed by atoms with Crippen LogP contribution in [0.3, 0.4) is 0 Å². The van der Waals surface area contributed by atoms with Gasteiger partial charge in [-0.25, -0.2) is 0 Å². The lowest BCUT2D eigenvalue weighted by molar-refractivity contribution is 0.111. The van der Waals surface area contributed by atoms with Gasteiger partial charge in [0.2, 0.25) is 0 Å². The van der Waals surface area contributed by atoms with Crippen molar-refractivity contribution in [3.63, 3.8) is 0 Å². The number of rotatable bonds is 19. The predicted molar refractivity (Wildman–Crippen MR) is 134 cm³/mol. The van der Waals surface area contributed by atoms with Crippen LogP contribution in [0.25, 0.3) is 0 Å². The smallest absolute Gasteiger partial charge is 0.0468 e.